The maximum Gasteiger partial charge on any atom is 0.329 e. The predicted molar refractivity (Wildman–Crippen MR) is 77.8 cm³/mol. The van der Waals surface area contributed by atoms with Crippen LogP contribution in [0.4, 0.5) is 4.39 Å². The molecule has 0 saturated carbocycles. The van der Waals surface area contributed by atoms with Gasteiger partial charge in [-0.15, -0.1) is 6.58 Å². The summed E-state index contributed by atoms with van der Waals surface area (Å²) >= 11 is 0. The van der Waals surface area contributed by atoms with Crippen LogP contribution in [0, 0.1) is 5.82 Å². The molecule has 21 heavy (non-hydrogen) atoms. The van der Waals surface area contributed by atoms with Gasteiger partial charge in [0.15, 0.2) is 0 Å². The van der Waals surface area contributed by atoms with Gasteiger partial charge in [0.25, 0.3) is 0 Å². The minimum Gasteiger partial charge on any atom is -0.480 e. The van der Waals surface area contributed by atoms with E-state index < -0.39 is 5.97 Å². The van der Waals surface area contributed by atoms with Crippen LogP contribution in [0.3, 0.4) is 0 Å². The molecule has 114 valence electrons. The fourth-order valence-electron chi connectivity index (χ4n) is 2.77. The number of likely N-dealkylation sites (tertiary alicyclic amines) is 1. The second kappa shape index (κ2) is 7.33. The molecule has 5 heteroatoms. The second-order valence-corrected chi connectivity index (χ2v) is 5.24. The summed E-state index contributed by atoms with van der Waals surface area (Å²) in [5, 5.41) is 8.80. The smallest absolute Gasteiger partial charge is 0.329 e. The van der Waals surface area contributed by atoms with Crippen molar-refractivity contribution in [3.05, 3.63) is 48.3 Å². The first-order valence-electron chi connectivity index (χ1n) is 7.02. The van der Waals surface area contributed by atoms with Crippen molar-refractivity contribution in [1.29, 1.82) is 0 Å². The standard InChI is InChI=1S/C16H20FNO3/c1-2-8-18-9-7-14(12-3-5-13(17)6-4-12)15(10-18)21-11-16(19)20/h2-6,14-15H,1,7-11H2,(H,19,20). The number of aliphatic carboxylic acids is 1. The minimum absolute atomic E-state index is 0.0889. The lowest BCUT2D eigenvalue weighted by Gasteiger charge is -2.38. The number of rotatable bonds is 6. The molecule has 0 aromatic heterocycles. The molecule has 0 aliphatic carbocycles. The summed E-state index contributed by atoms with van der Waals surface area (Å²) in [7, 11) is 0. The largest absolute Gasteiger partial charge is 0.480 e. The topological polar surface area (TPSA) is 49.8 Å². The van der Waals surface area contributed by atoms with E-state index in [1.165, 1.54) is 12.1 Å². The van der Waals surface area contributed by atoms with E-state index in [9.17, 15) is 9.18 Å². The Morgan fingerprint density at radius 3 is 2.81 bits per heavy atom. The number of piperidine rings is 1. The fraction of sp³-hybridized carbons (Fsp3) is 0.438. The van der Waals surface area contributed by atoms with Gasteiger partial charge in [0.05, 0.1) is 6.10 Å². The molecular formula is C16H20FNO3. The summed E-state index contributed by atoms with van der Waals surface area (Å²) in [4.78, 5) is 12.9. The van der Waals surface area contributed by atoms with Crippen molar-refractivity contribution in [2.75, 3.05) is 26.2 Å². The van der Waals surface area contributed by atoms with Crippen LogP contribution in [0.2, 0.25) is 0 Å². The van der Waals surface area contributed by atoms with Crippen LogP contribution in [-0.4, -0.2) is 48.3 Å². The lowest BCUT2D eigenvalue weighted by atomic mass is 9.87. The third-order valence-corrected chi connectivity index (χ3v) is 3.75. The summed E-state index contributed by atoms with van der Waals surface area (Å²) in [6, 6.07) is 6.36. The predicted octanol–water partition coefficient (Wildman–Crippen LogP) is 2.27. The lowest BCUT2D eigenvalue weighted by Crippen LogP contribution is -2.44. The Labute approximate surface area is 123 Å². The van der Waals surface area contributed by atoms with E-state index in [-0.39, 0.29) is 24.4 Å². The average molecular weight is 293 g/mol. The van der Waals surface area contributed by atoms with E-state index in [1.54, 1.807) is 12.1 Å². The molecule has 0 bridgehead atoms. The second-order valence-electron chi connectivity index (χ2n) is 5.24. The molecule has 1 aliphatic rings. The van der Waals surface area contributed by atoms with Crippen LogP contribution in [0.25, 0.3) is 0 Å². The first-order valence-corrected chi connectivity index (χ1v) is 7.02. The molecule has 2 atom stereocenters. The van der Waals surface area contributed by atoms with Crippen molar-refractivity contribution in [3.63, 3.8) is 0 Å². The van der Waals surface area contributed by atoms with Gasteiger partial charge in [-0.25, -0.2) is 9.18 Å². The number of ether oxygens (including phenoxy) is 1. The van der Waals surface area contributed by atoms with E-state index in [0.29, 0.717) is 6.54 Å². The van der Waals surface area contributed by atoms with Crippen molar-refractivity contribution < 1.29 is 19.0 Å². The Balaban J connectivity index is 2.10. The SMILES string of the molecule is C=CCN1CCC(c2ccc(F)cc2)C(OCC(=O)O)C1. The van der Waals surface area contributed by atoms with Crippen molar-refractivity contribution in [3.8, 4) is 0 Å². The van der Waals surface area contributed by atoms with Gasteiger partial charge in [-0.2, -0.15) is 0 Å². The van der Waals surface area contributed by atoms with E-state index in [0.717, 1.165) is 25.1 Å². The quantitative estimate of drug-likeness (QED) is 0.818. The third kappa shape index (κ3) is 4.37. The Morgan fingerprint density at radius 2 is 2.19 bits per heavy atom. The number of carboxylic acids is 1. The molecule has 2 rings (SSSR count). The molecular weight excluding hydrogens is 273 g/mol. The Bertz CT molecular complexity index is 489. The molecule has 0 radical (unpaired) electrons. The Kier molecular flexibility index (Phi) is 5.47. The molecule has 1 saturated heterocycles. The van der Waals surface area contributed by atoms with Gasteiger partial charge in [-0.1, -0.05) is 18.2 Å². The van der Waals surface area contributed by atoms with Crippen molar-refractivity contribution >= 4 is 5.97 Å². The monoisotopic (exact) mass is 293 g/mol. The number of nitrogens with zero attached hydrogens (tertiary/aromatic N) is 1. The molecule has 0 amide bonds. The Morgan fingerprint density at radius 1 is 1.48 bits per heavy atom. The van der Waals surface area contributed by atoms with Crippen molar-refractivity contribution in [2.24, 2.45) is 0 Å². The first kappa shape index (κ1) is 15.7. The molecule has 1 N–H and O–H groups in total. The normalized spacial score (nSPS) is 22.9. The zero-order chi connectivity index (χ0) is 15.2. The highest BCUT2D eigenvalue weighted by Gasteiger charge is 2.31. The highest BCUT2D eigenvalue weighted by atomic mass is 19.1. The molecule has 2 unspecified atom stereocenters. The van der Waals surface area contributed by atoms with Crippen molar-refractivity contribution in [2.45, 2.75) is 18.4 Å². The van der Waals surface area contributed by atoms with E-state index in [2.05, 4.69) is 11.5 Å². The van der Waals surface area contributed by atoms with Crippen LogP contribution in [0.5, 0.6) is 0 Å². The van der Waals surface area contributed by atoms with Crippen LogP contribution in [0.15, 0.2) is 36.9 Å². The summed E-state index contributed by atoms with van der Waals surface area (Å²) in [6.07, 6.45) is 2.47. The highest BCUT2D eigenvalue weighted by molar-refractivity contribution is 5.68. The van der Waals surface area contributed by atoms with Crippen LogP contribution in [-0.2, 0) is 9.53 Å². The van der Waals surface area contributed by atoms with Gasteiger partial charge in [-0.05, 0) is 30.7 Å². The highest BCUT2D eigenvalue weighted by Crippen LogP contribution is 2.30. The number of hydrogen-bond acceptors (Lipinski definition) is 3. The lowest BCUT2D eigenvalue weighted by molar-refractivity contribution is -0.146. The molecule has 1 fully saturated rings. The third-order valence-electron chi connectivity index (χ3n) is 3.75. The number of hydrogen-bond donors (Lipinski definition) is 1. The van der Waals surface area contributed by atoms with E-state index in [4.69, 9.17) is 9.84 Å². The number of halogens is 1. The zero-order valence-electron chi connectivity index (χ0n) is 11.9. The van der Waals surface area contributed by atoms with Gasteiger partial charge in [0, 0.05) is 19.0 Å². The maximum absolute atomic E-state index is 13.0. The summed E-state index contributed by atoms with van der Waals surface area (Å²) in [5.74, 6) is -1.16. The van der Waals surface area contributed by atoms with Gasteiger partial charge in [0.2, 0.25) is 0 Å². The summed E-state index contributed by atoms with van der Waals surface area (Å²) in [6.45, 7) is 5.70. The minimum atomic E-state index is -0.978. The number of benzene rings is 1. The van der Waals surface area contributed by atoms with Gasteiger partial charge >= 0.3 is 5.97 Å². The van der Waals surface area contributed by atoms with E-state index in [1.807, 2.05) is 6.08 Å². The molecule has 4 nitrogen and oxygen atoms in total. The first-order chi connectivity index (χ1) is 10.1. The molecule has 0 spiro atoms. The van der Waals surface area contributed by atoms with Gasteiger partial charge < -0.3 is 9.84 Å². The molecule has 1 aromatic rings. The average Bonchev–Trinajstić information content (AvgIpc) is 2.47. The maximum atomic E-state index is 13.0. The van der Waals surface area contributed by atoms with Gasteiger partial charge in [0.1, 0.15) is 12.4 Å². The molecule has 1 heterocycles. The molecule has 1 aromatic carbocycles. The summed E-state index contributed by atoms with van der Waals surface area (Å²) < 4.78 is 18.6. The number of carbonyl (C=O) groups is 1. The Hall–Kier alpha value is -1.72. The molecule has 1 aliphatic heterocycles. The van der Waals surface area contributed by atoms with Crippen LogP contribution >= 0.6 is 0 Å². The van der Waals surface area contributed by atoms with Crippen molar-refractivity contribution in [1.82, 2.24) is 4.90 Å². The van der Waals surface area contributed by atoms with E-state index >= 15 is 0 Å². The fourth-order valence-corrected chi connectivity index (χ4v) is 2.77. The van der Waals surface area contributed by atoms with Crippen LogP contribution in [0.1, 0.15) is 17.9 Å². The van der Waals surface area contributed by atoms with Crippen LogP contribution < -0.4 is 0 Å². The number of carboxylic acid groups (broad SMARTS) is 1. The van der Waals surface area contributed by atoms with Gasteiger partial charge in [-0.3, -0.25) is 4.90 Å². The zero-order valence-corrected chi connectivity index (χ0v) is 11.9. The summed E-state index contributed by atoms with van der Waals surface area (Å²) in [5.41, 5.74) is 0.991.